The standard InChI is InChI=1S/C13H20N4O.ClH/c1-3-11-10(6-8(2)16-17-11)13(18)15-12(7-14)9-4-5-9;/h6,9,12H,3-5,7,14H2,1-2H3,(H,15,18);1H. The fraction of sp³-hybridized carbons (Fsp3) is 0.615. The van der Waals surface area contributed by atoms with Gasteiger partial charge >= 0.3 is 0 Å². The maximum absolute atomic E-state index is 12.2. The molecule has 0 bridgehead atoms. The van der Waals surface area contributed by atoms with Crippen molar-refractivity contribution in [1.82, 2.24) is 15.5 Å². The Kier molecular flexibility index (Phi) is 5.69. The molecule has 0 spiro atoms. The zero-order valence-corrected chi connectivity index (χ0v) is 12.2. The summed E-state index contributed by atoms with van der Waals surface area (Å²) < 4.78 is 0. The smallest absolute Gasteiger partial charge is 0.253 e. The van der Waals surface area contributed by atoms with Gasteiger partial charge in [0.2, 0.25) is 0 Å². The van der Waals surface area contributed by atoms with Crippen molar-refractivity contribution in [2.75, 3.05) is 6.54 Å². The third-order valence-electron chi connectivity index (χ3n) is 3.33. The molecule has 1 aromatic rings. The molecule has 2 rings (SSSR count). The van der Waals surface area contributed by atoms with E-state index in [0.29, 0.717) is 24.4 Å². The fourth-order valence-electron chi connectivity index (χ4n) is 2.09. The molecule has 1 amide bonds. The summed E-state index contributed by atoms with van der Waals surface area (Å²) in [6, 6.07) is 1.89. The van der Waals surface area contributed by atoms with Crippen LogP contribution in [0, 0.1) is 12.8 Å². The minimum absolute atomic E-state index is 0. The number of rotatable bonds is 5. The van der Waals surface area contributed by atoms with E-state index in [9.17, 15) is 4.79 Å². The summed E-state index contributed by atoms with van der Waals surface area (Å²) in [6.07, 6.45) is 3.03. The highest BCUT2D eigenvalue weighted by Crippen LogP contribution is 2.32. The lowest BCUT2D eigenvalue weighted by molar-refractivity contribution is 0.0931. The molecule has 106 valence electrons. The predicted octanol–water partition coefficient (Wildman–Crippen LogP) is 1.24. The van der Waals surface area contributed by atoms with Crippen LogP contribution in [0.3, 0.4) is 0 Å². The lowest BCUT2D eigenvalue weighted by Crippen LogP contribution is -2.42. The van der Waals surface area contributed by atoms with Crippen LogP contribution in [0.5, 0.6) is 0 Å². The number of nitrogens with one attached hydrogen (secondary N) is 1. The Morgan fingerprint density at radius 2 is 2.21 bits per heavy atom. The van der Waals surface area contributed by atoms with Gasteiger partial charge in [0.1, 0.15) is 0 Å². The van der Waals surface area contributed by atoms with E-state index < -0.39 is 0 Å². The zero-order chi connectivity index (χ0) is 13.1. The minimum Gasteiger partial charge on any atom is -0.348 e. The molecule has 1 atom stereocenters. The molecule has 0 saturated heterocycles. The van der Waals surface area contributed by atoms with Crippen LogP contribution in [0.2, 0.25) is 0 Å². The van der Waals surface area contributed by atoms with Gasteiger partial charge in [0, 0.05) is 12.6 Å². The first kappa shape index (κ1) is 15.9. The summed E-state index contributed by atoms with van der Waals surface area (Å²) in [5.41, 5.74) is 7.82. The van der Waals surface area contributed by atoms with Crippen molar-refractivity contribution in [1.29, 1.82) is 0 Å². The van der Waals surface area contributed by atoms with Crippen LogP contribution in [-0.4, -0.2) is 28.7 Å². The van der Waals surface area contributed by atoms with E-state index in [0.717, 1.165) is 24.2 Å². The summed E-state index contributed by atoms with van der Waals surface area (Å²) in [7, 11) is 0. The normalized spacial score (nSPS) is 15.5. The van der Waals surface area contributed by atoms with Gasteiger partial charge < -0.3 is 11.1 Å². The molecular weight excluding hydrogens is 264 g/mol. The summed E-state index contributed by atoms with van der Waals surface area (Å²) in [5, 5.41) is 11.1. The van der Waals surface area contributed by atoms with Crippen LogP contribution in [-0.2, 0) is 6.42 Å². The van der Waals surface area contributed by atoms with Crippen molar-refractivity contribution in [3.63, 3.8) is 0 Å². The molecule has 0 aliphatic heterocycles. The molecule has 0 aromatic carbocycles. The average molecular weight is 285 g/mol. The van der Waals surface area contributed by atoms with Crippen LogP contribution in [0.4, 0.5) is 0 Å². The lowest BCUT2D eigenvalue weighted by atomic mass is 10.1. The molecule has 1 aliphatic rings. The first-order valence-corrected chi connectivity index (χ1v) is 6.49. The summed E-state index contributed by atoms with van der Waals surface area (Å²) >= 11 is 0. The molecule has 0 radical (unpaired) electrons. The average Bonchev–Trinajstić information content (AvgIpc) is 3.19. The maximum atomic E-state index is 12.2. The topological polar surface area (TPSA) is 80.9 Å². The molecule has 5 nitrogen and oxygen atoms in total. The van der Waals surface area contributed by atoms with Crippen molar-refractivity contribution in [2.45, 2.75) is 39.2 Å². The number of hydrogen-bond donors (Lipinski definition) is 2. The third-order valence-corrected chi connectivity index (χ3v) is 3.33. The van der Waals surface area contributed by atoms with Crippen molar-refractivity contribution in [3.05, 3.63) is 23.0 Å². The Balaban J connectivity index is 0.00000180. The largest absolute Gasteiger partial charge is 0.348 e. The highest BCUT2D eigenvalue weighted by Gasteiger charge is 2.31. The second kappa shape index (κ2) is 6.82. The third kappa shape index (κ3) is 3.88. The van der Waals surface area contributed by atoms with Crippen molar-refractivity contribution < 1.29 is 4.79 Å². The number of carbonyl (C=O) groups excluding carboxylic acids is 1. The van der Waals surface area contributed by atoms with E-state index in [4.69, 9.17) is 5.73 Å². The van der Waals surface area contributed by atoms with Crippen LogP contribution in [0.1, 0.15) is 41.5 Å². The van der Waals surface area contributed by atoms with Gasteiger partial charge in [-0.2, -0.15) is 10.2 Å². The van der Waals surface area contributed by atoms with Gasteiger partial charge in [-0.3, -0.25) is 4.79 Å². The highest BCUT2D eigenvalue weighted by atomic mass is 35.5. The Morgan fingerprint density at radius 3 is 2.74 bits per heavy atom. The van der Waals surface area contributed by atoms with E-state index in [2.05, 4.69) is 15.5 Å². The van der Waals surface area contributed by atoms with Crippen molar-refractivity contribution >= 4 is 18.3 Å². The van der Waals surface area contributed by atoms with Gasteiger partial charge in [0.15, 0.2) is 0 Å². The van der Waals surface area contributed by atoms with E-state index in [1.165, 1.54) is 0 Å². The Morgan fingerprint density at radius 1 is 1.53 bits per heavy atom. The maximum Gasteiger partial charge on any atom is 0.253 e. The number of aryl methyl sites for hydroxylation is 2. The quantitative estimate of drug-likeness (QED) is 0.852. The number of aromatic nitrogens is 2. The lowest BCUT2D eigenvalue weighted by Gasteiger charge is -2.17. The summed E-state index contributed by atoms with van der Waals surface area (Å²) in [6.45, 7) is 4.30. The number of halogens is 1. The van der Waals surface area contributed by atoms with Crippen LogP contribution in [0.25, 0.3) is 0 Å². The molecular formula is C13H21ClN4O. The Hall–Kier alpha value is -1.20. The summed E-state index contributed by atoms with van der Waals surface area (Å²) in [5.74, 6) is 0.479. The van der Waals surface area contributed by atoms with Crippen LogP contribution >= 0.6 is 12.4 Å². The predicted molar refractivity (Wildman–Crippen MR) is 76.4 cm³/mol. The first-order valence-electron chi connectivity index (χ1n) is 6.49. The second-order valence-electron chi connectivity index (χ2n) is 4.85. The van der Waals surface area contributed by atoms with Gasteiger partial charge in [0.25, 0.3) is 5.91 Å². The fourth-order valence-corrected chi connectivity index (χ4v) is 2.09. The highest BCUT2D eigenvalue weighted by molar-refractivity contribution is 5.95. The first-order chi connectivity index (χ1) is 8.65. The summed E-state index contributed by atoms with van der Waals surface area (Å²) in [4.78, 5) is 12.2. The molecule has 1 fully saturated rings. The molecule has 1 aliphatic carbocycles. The molecule has 1 unspecified atom stereocenters. The number of carbonyl (C=O) groups is 1. The van der Waals surface area contributed by atoms with Crippen molar-refractivity contribution in [2.24, 2.45) is 11.7 Å². The zero-order valence-electron chi connectivity index (χ0n) is 11.3. The molecule has 6 heteroatoms. The van der Waals surface area contributed by atoms with E-state index in [-0.39, 0.29) is 24.4 Å². The van der Waals surface area contributed by atoms with Gasteiger partial charge in [-0.15, -0.1) is 12.4 Å². The number of hydrogen-bond acceptors (Lipinski definition) is 4. The van der Waals surface area contributed by atoms with E-state index in [1.807, 2.05) is 13.8 Å². The van der Waals surface area contributed by atoms with Gasteiger partial charge in [-0.05, 0) is 38.2 Å². The Labute approximate surface area is 119 Å². The SMILES string of the molecule is CCc1nnc(C)cc1C(=O)NC(CN)C1CC1.Cl. The molecule has 1 saturated carbocycles. The molecule has 19 heavy (non-hydrogen) atoms. The molecule has 3 N–H and O–H groups in total. The van der Waals surface area contributed by atoms with Crippen molar-refractivity contribution in [3.8, 4) is 0 Å². The van der Waals surface area contributed by atoms with E-state index in [1.54, 1.807) is 6.07 Å². The minimum atomic E-state index is -0.0767. The molecule has 1 aromatic heterocycles. The van der Waals surface area contributed by atoms with Gasteiger partial charge in [-0.25, -0.2) is 0 Å². The van der Waals surface area contributed by atoms with Crippen LogP contribution in [0.15, 0.2) is 6.07 Å². The Bertz CT molecular complexity index is 448. The number of amides is 1. The second-order valence-corrected chi connectivity index (χ2v) is 4.85. The molecule has 1 heterocycles. The van der Waals surface area contributed by atoms with Crippen LogP contribution < -0.4 is 11.1 Å². The van der Waals surface area contributed by atoms with E-state index >= 15 is 0 Å². The number of nitrogens with two attached hydrogens (primary N) is 1. The van der Waals surface area contributed by atoms with Gasteiger partial charge in [0.05, 0.1) is 17.0 Å². The number of nitrogens with zero attached hydrogens (tertiary/aromatic N) is 2. The monoisotopic (exact) mass is 284 g/mol. The van der Waals surface area contributed by atoms with Gasteiger partial charge in [-0.1, -0.05) is 6.92 Å².